The van der Waals surface area contributed by atoms with Crippen LogP contribution in [0.2, 0.25) is 0 Å². The average molecular weight is 313 g/mol. The summed E-state index contributed by atoms with van der Waals surface area (Å²) in [7, 11) is 0. The molecule has 0 saturated carbocycles. The molecule has 1 unspecified atom stereocenters. The van der Waals surface area contributed by atoms with E-state index in [4.69, 9.17) is 2.74 Å². The van der Waals surface area contributed by atoms with Crippen LogP contribution in [0.15, 0.2) is 5.38 Å². The van der Waals surface area contributed by atoms with Gasteiger partial charge in [0.15, 0.2) is 5.01 Å². The zero-order chi connectivity index (χ0) is 17.4. The maximum atomic E-state index is 12.4. The first-order valence-electron chi connectivity index (χ1n) is 7.84. The number of likely N-dealkylation sites (tertiary alicyclic amines) is 1. The number of aliphatic hydroxyl groups is 1. The van der Waals surface area contributed by atoms with Crippen molar-refractivity contribution in [2.75, 3.05) is 13.0 Å². The number of carbonyl (C=O) groups excluding carboxylic acids is 2. The highest BCUT2D eigenvalue weighted by Gasteiger charge is 2.28. The van der Waals surface area contributed by atoms with E-state index >= 15 is 0 Å². The van der Waals surface area contributed by atoms with E-state index in [-0.39, 0.29) is 22.7 Å². The maximum absolute atomic E-state index is 12.4. The van der Waals surface area contributed by atoms with Crippen molar-refractivity contribution in [1.29, 1.82) is 0 Å². The number of thiazole rings is 1. The van der Waals surface area contributed by atoms with Crippen molar-refractivity contribution in [1.82, 2.24) is 15.2 Å². The van der Waals surface area contributed by atoms with Crippen LogP contribution in [0.5, 0.6) is 0 Å². The second-order valence-corrected chi connectivity index (χ2v) is 6.52. The van der Waals surface area contributed by atoms with Gasteiger partial charge < -0.3 is 15.3 Å². The molecule has 21 heavy (non-hydrogen) atoms. The molecule has 0 bridgehead atoms. The van der Waals surface area contributed by atoms with E-state index in [0.29, 0.717) is 6.54 Å². The Morgan fingerprint density at radius 1 is 1.67 bits per heavy atom. The quantitative estimate of drug-likeness (QED) is 0.877. The van der Waals surface area contributed by atoms with Crippen molar-refractivity contribution in [2.45, 2.75) is 45.3 Å². The molecule has 1 atom stereocenters. The number of hydrogen-bond acceptors (Lipinski definition) is 5. The van der Waals surface area contributed by atoms with Crippen LogP contribution in [0.3, 0.4) is 0 Å². The van der Waals surface area contributed by atoms with Crippen LogP contribution in [-0.2, 0) is 0 Å². The number of rotatable bonds is 4. The summed E-state index contributed by atoms with van der Waals surface area (Å²) >= 11 is 0.978. The minimum Gasteiger partial charge on any atom is -0.389 e. The topological polar surface area (TPSA) is 82.5 Å². The number of nitrogens with one attached hydrogen (secondary N) is 1. The molecule has 1 aliphatic rings. The molecule has 1 aliphatic heterocycles. The van der Waals surface area contributed by atoms with Gasteiger partial charge in [0.1, 0.15) is 5.69 Å². The lowest BCUT2D eigenvalue weighted by Gasteiger charge is -2.20. The summed E-state index contributed by atoms with van der Waals surface area (Å²) in [5, 5.41) is 13.3. The summed E-state index contributed by atoms with van der Waals surface area (Å²) in [6.45, 7) is 2.87. The number of aromatic nitrogens is 1. The fourth-order valence-electron chi connectivity index (χ4n) is 2.12. The predicted octanol–water partition coefficient (Wildman–Crippen LogP) is 1.27. The van der Waals surface area contributed by atoms with Crippen LogP contribution in [0.1, 0.15) is 56.6 Å². The van der Waals surface area contributed by atoms with Gasteiger partial charge in [0.25, 0.3) is 11.8 Å². The lowest BCUT2D eigenvalue weighted by molar-refractivity contribution is 0.0692. The zero-order valence-corrected chi connectivity index (χ0v) is 13.2. The molecule has 2 rings (SSSR count). The van der Waals surface area contributed by atoms with Crippen LogP contribution >= 0.6 is 11.3 Å². The van der Waals surface area contributed by atoms with Gasteiger partial charge >= 0.3 is 0 Å². The normalized spacial score (nSPS) is 21.0. The number of carbonyl (C=O) groups is 2. The molecule has 1 fully saturated rings. The molecule has 116 valence electrons. The fraction of sp³-hybridized carbons (Fsp3) is 0.643. The summed E-state index contributed by atoms with van der Waals surface area (Å²) in [6.07, 6.45) is 1.91. The summed E-state index contributed by atoms with van der Waals surface area (Å²) in [6, 6.07) is 0.158. The van der Waals surface area contributed by atoms with Gasteiger partial charge in [0.2, 0.25) is 0 Å². The van der Waals surface area contributed by atoms with E-state index in [0.717, 1.165) is 24.2 Å². The van der Waals surface area contributed by atoms with Gasteiger partial charge in [-0.3, -0.25) is 9.59 Å². The van der Waals surface area contributed by atoms with E-state index < -0.39 is 18.0 Å². The smallest absolute Gasteiger partial charge is 0.280 e. The molecule has 2 N–H and O–H groups in total. The minimum absolute atomic E-state index is 0.00618. The van der Waals surface area contributed by atoms with Crippen molar-refractivity contribution >= 4 is 23.2 Å². The van der Waals surface area contributed by atoms with Gasteiger partial charge in [-0.25, -0.2) is 4.98 Å². The van der Waals surface area contributed by atoms with E-state index in [1.54, 1.807) is 4.90 Å². The Morgan fingerprint density at radius 3 is 2.95 bits per heavy atom. The Bertz CT molecular complexity index is 613. The molecule has 0 radical (unpaired) electrons. The Morgan fingerprint density at radius 2 is 2.38 bits per heavy atom. The Hall–Kier alpha value is -1.47. The molecule has 0 aromatic carbocycles. The molecular formula is C14H21N3O3S. The predicted molar refractivity (Wildman–Crippen MR) is 80.5 cm³/mol. The molecule has 6 nitrogen and oxygen atoms in total. The summed E-state index contributed by atoms with van der Waals surface area (Å²) in [5.74, 6) is -0.966. The first-order chi connectivity index (χ1) is 10.5. The molecule has 0 aliphatic carbocycles. The SMILES string of the molecule is [2H]C([2H])(NC(=O)c1nc(C(=O)N2CCCC2C)cs1)C(C)(C)O. The van der Waals surface area contributed by atoms with Gasteiger partial charge in [0.05, 0.1) is 8.34 Å². The van der Waals surface area contributed by atoms with Crippen molar-refractivity contribution in [2.24, 2.45) is 0 Å². The first kappa shape index (κ1) is 13.2. The minimum atomic E-state index is -2.32. The average Bonchev–Trinajstić information content (AvgIpc) is 3.04. The van der Waals surface area contributed by atoms with Gasteiger partial charge in [0, 0.05) is 24.5 Å². The zero-order valence-electron chi connectivity index (χ0n) is 14.3. The second kappa shape index (κ2) is 6.11. The van der Waals surface area contributed by atoms with Gasteiger partial charge in [-0.1, -0.05) is 0 Å². The van der Waals surface area contributed by atoms with Crippen LogP contribution in [-0.4, -0.2) is 51.5 Å². The highest BCUT2D eigenvalue weighted by atomic mass is 32.1. The van der Waals surface area contributed by atoms with E-state index in [1.165, 1.54) is 19.2 Å². The molecule has 1 aromatic heterocycles. The second-order valence-electron chi connectivity index (χ2n) is 5.67. The van der Waals surface area contributed by atoms with E-state index in [2.05, 4.69) is 10.3 Å². The highest BCUT2D eigenvalue weighted by molar-refractivity contribution is 7.11. The number of nitrogens with zero attached hydrogens (tertiary/aromatic N) is 2. The summed E-state index contributed by atoms with van der Waals surface area (Å²) < 4.78 is 15.4. The van der Waals surface area contributed by atoms with Crippen LogP contribution in [0.25, 0.3) is 0 Å². The lowest BCUT2D eigenvalue weighted by Crippen LogP contribution is -2.38. The van der Waals surface area contributed by atoms with Crippen LogP contribution in [0.4, 0.5) is 0 Å². The number of amides is 2. The summed E-state index contributed by atoms with van der Waals surface area (Å²) in [4.78, 5) is 30.2. The van der Waals surface area contributed by atoms with E-state index in [9.17, 15) is 14.7 Å². The first-order valence-corrected chi connectivity index (χ1v) is 7.72. The van der Waals surface area contributed by atoms with Crippen molar-refractivity contribution < 1.29 is 17.4 Å². The molecule has 7 heteroatoms. The Labute approximate surface area is 131 Å². The molecule has 2 amide bonds. The fourth-order valence-corrected chi connectivity index (χ4v) is 2.81. The van der Waals surface area contributed by atoms with Crippen molar-refractivity contribution in [3.63, 3.8) is 0 Å². The van der Waals surface area contributed by atoms with Crippen molar-refractivity contribution in [3.05, 3.63) is 16.1 Å². The largest absolute Gasteiger partial charge is 0.389 e. The van der Waals surface area contributed by atoms with Crippen LogP contribution < -0.4 is 5.32 Å². The van der Waals surface area contributed by atoms with E-state index in [1.807, 2.05) is 6.92 Å². The summed E-state index contributed by atoms with van der Waals surface area (Å²) in [5.41, 5.74) is -1.55. The number of hydrogen-bond donors (Lipinski definition) is 2. The molecular weight excluding hydrogens is 290 g/mol. The highest BCUT2D eigenvalue weighted by Crippen LogP contribution is 2.20. The molecule has 2 heterocycles. The standard InChI is InChI=1S/C14H21N3O3S/c1-9-5-4-6-17(9)13(19)10-7-21-12(16-10)11(18)15-8-14(2,3)20/h7,9,20H,4-6,8H2,1-3H3,(H,15,18)/i8D2. The molecule has 0 spiro atoms. The van der Waals surface area contributed by atoms with Gasteiger partial charge in [-0.2, -0.15) is 0 Å². The third-order valence-corrected chi connectivity index (χ3v) is 4.05. The Kier molecular flexibility index (Phi) is 3.84. The van der Waals surface area contributed by atoms with Crippen molar-refractivity contribution in [3.8, 4) is 0 Å². The monoisotopic (exact) mass is 313 g/mol. The maximum Gasteiger partial charge on any atom is 0.280 e. The molecule has 1 aromatic rings. The molecule has 1 saturated heterocycles. The lowest BCUT2D eigenvalue weighted by atomic mass is 10.1. The third kappa shape index (κ3) is 4.01. The van der Waals surface area contributed by atoms with Gasteiger partial charge in [-0.15, -0.1) is 11.3 Å². The third-order valence-electron chi connectivity index (χ3n) is 3.21. The van der Waals surface area contributed by atoms with Crippen LogP contribution in [0, 0.1) is 0 Å². The Balaban J connectivity index is 2.10. The van der Waals surface area contributed by atoms with Gasteiger partial charge in [-0.05, 0) is 33.6 Å².